The fourth-order valence-electron chi connectivity index (χ4n) is 3.61. The van der Waals surface area contributed by atoms with E-state index in [0.717, 1.165) is 54.0 Å². The largest absolute Gasteiger partial charge is 0.354 e. The first kappa shape index (κ1) is 19.1. The molecule has 0 atom stereocenters. The maximum Gasteiger partial charge on any atom is 0.257 e. The van der Waals surface area contributed by atoms with Crippen LogP contribution in [0, 0.1) is 0 Å². The van der Waals surface area contributed by atoms with Crippen LogP contribution in [0.4, 0.5) is 11.6 Å². The second-order valence-electron chi connectivity index (χ2n) is 7.62. The average molecular weight is 414 g/mol. The summed E-state index contributed by atoms with van der Waals surface area (Å²) in [7, 11) is 2.11. The van der Waals surface area contributed by atoms with Gasteiger partial charge in [0.1, 0.15) is 11.6 Å². The number of pyridine rings is 3. The van der Waals surface area contributed by atoms with E-state index in [1.807, 2.05) is 18.2 Å². The summed E-state index contributed by atoms with van der Waals surface area (Å²) in [5.74, 6) is 1.09. The van der Waals surface area contributed by atoms with Crippen molar-refractivity contribution in [3.05, 3.63) is 60.8 Å². The SMILES string of the molecule is CN1CCN(c2cc(C(=O)Nc3cc4cc(-c5cn[nH]c5)ncc4cn3)ccn2)CC1. The second kappa shape index (κ2) is 8.11. The third-order valence-electron chi connectivity index (χ3n) is 5.47. The number of nitrogens with zero attached hydrogens (tertiary/aromatic N) is 6. The van der Waals surface area contributed by atoms with Crippen molar-refractivity contribution >= 4 is 28.3 Å². The van der Waals surface area contributed by atoms with E-state index in [1.54, 1.807) is 37.1 Å². The van der Waals surface area contributed by atoms with Crippen molar-refractivity contribution in [2.24, 2.45) is 0 Å². The summed E-state index contributed by atoms with van der Waals surface area (Å²) in [5.41, 5.74) is 2.26. The van der Waals surface area contributed by atoms with E-state index < -0.39 is 0 Å². The van der Waals surface area contributed by atoms with Crippen LogP contribution in [0.3, 0.4) is 0 Å². The summed E-state index contributed by atoms with van der Waals surface area (Å²) in [6, 6.07) is 7.36. The molecule has 1 amide bonds. The number of carbonyl (C=O) groups excluding carboxylic acids is 1. The summed E-state index contributed by atoms with van der Waals surface area (Å²) in [6.07, 6.45) is 8.67. The predicted molar refractivity (Wildman–Crippen MR) is 119 cm³/mol. The summed E-state index contributed by atoms with van der Waals surface area (Å²) < 4.78 is 0. The van der Waals surface area contributed by atoms with E-state index in [-0.39, 0.29) is 5.91 Å². The van der Waals surface area contributed by atoms with Crippen molar-refractivity contribution in [3.8, 4) is 11.3 Å². The molecule has 5 rings (SSSR count). The van der Waals surface area contributed by atoms with Crippen molar-refractivity contribution in [3.63, 3.8) is 0 Å². The van der Waals surface area contributed by atoms with Gasteiger partial charge in [-0.1, -0.05) is 0 Å². The van der Waals surface area contributed by atoms with Crippen LogP contribution in [0.2, 0.25) is 0 Å². The molecule has 0 radical (unpaired) electrons. The number of piperazine rings is 1. The summed E-state index contributed by atoms with van der Waals surface area (Å²) >= 11 is 0. The number of amides is 1. The van der Waals surface area contributed by atoms with Gasteiger partial charge in [-0.25, -0.2) is 9.97 Å². The fourth-order valence-corrected chi connectivity index (χ4v) is 3.61. The van der Waals surface area contributed by atoms with Gasteiger partial charge in [0.05, 0.1) is 11.9 Å². The highest BCUT2D eigenvalue weighted by atomic mass is 16.1. The van der Waals surface area contributed by atoms with Gasteiger partial charge in [-0.15, -0.1) is 0 Å². The first-order valence-corrected chi connectivity index (χ1v) is 10.1. The lowest BCUT2D eigenvalue weighted by molar-refractivity contribution is 0.102. The number of H-pyrrole nitrogens is 1. The molecule has 31 heavy (non-hydrogen) atoms. The minimum atomic E-state index is -0.214. The molecule has 0 bridgehead atoms. The number of hydrogen-bond acceptors (Lipinski definition) is 7. The van der Waals surface area contributed by atoms with Crippen molar-refractivity contribution in [1.82, 2.24) is 30.0 Å². The van der Waals surface area contributed by atoms with Crippen molar-refractivity contribution in [1.29, 1.82) is 0 Å². The first-order valence-electron chi connectivity index (χ1n) is 10.1. The topological polar surface area (TPSA) is 103 Å². The molecule has 9 heteroatoms. The molecule has 1 aliphatic rings. The number of aromatic nitrogens is 5. The quantitative estimate of drug-likeness (QED) is 0.529. The zero-order valence-electron chi connectivity index (χ0n) is 17.1. The highest BCUT2D eigenvalue weighted by molar-refractivity contribution is 6.05. The molecule has 0 aromatic carbocycles. The molecule has 5 heterocycles. The van der Waals surface area contributed by atoms with E-state index in [9.17, 15) is 4.79 Å². The van der Waals surface area contributed by atoms with Crippen molar-refractivity contribution in [2.45, 2.75) is 0 Å². The third kappa shape index (κ3) is 4.08. The summed E-state index contributed by atoms with van der Waals surface area (Å²) in [6.45, 7) is 3.76. The summed E-state index contributed by atoms with van der Waals surface area (Å²) in [5, 5.41) is 11.5. The van der Waals surface area contributed by atoms with E-state index in [2.05, 4.69) is 47.3 Å². The maximum absolute atomic E-state index is 12.9. The first-order chi connectivity index (χ1) is 15.2. The van der Waals surface area contributed by atoms with Gasteiger partial charge in [0, 0.05) is 67.5 Å². The zero-order chi connectivity index (χ0) is 21.2. The monoisotopic (exact) mass is 414 g/mol. The van der Waals surface area contributed by atoms with Crippen LogP contribution >= 0.6 is 0 Å². The Balaban J connectivity index is 1.35. The second-order valence-corrected chi connectivity index (χ2v) is 7.62. The normalized spacial score (nSPS) is 14.7. The number of likely N-dealkylation sites (N-methyl/N-ethyl adjacent to an activating group) is 1. The average Bonchev–Trinajstić information content (AvgIpc) is 3.34. The van der Waals surface area contributed by atoms with Crippen LogP contribution in [-0.2, 0) is 0 Å². The smallest absolute Gasteiger partial charge is 0.257 e. The Morgan fingerprint density at radius 2 is 1.84 bits per heavy atom. The highest BCUT2D eigenvalue weighted by Crippen LogP contribution is 2.23. The van der Waals surface area contributed by atoms with E-state index in [0.29, 0.717) is 11.4 Å². The number of rotatable bonds is 4. The molecule has 0 spiro atoms. The lowest BCUT2D eigenvalue weighted by Crippen LogP contribution is -2.44. The molecule has 0 unspecified atom stereocenters. The maximum atomic E-state index is 12.9. The number of anilines is 2. The molecular formula is C22H22N8O. The predicted octanol–water partition coefficient (Wildman–Crippen LogP) is 2.42. The van der Waals surface area contributed by atoms with Gasteiger partial charge in [-0.05, 0) is 36.7 Å². The molecule has 0 aliphatic carbocycles. The van der Waals surface area contributed by atoms with Crippen LogP contribution in [0.5, 0.6) is 0 Å². The number of fused-ring (bicyclic) bond motifs is 1. The lowest BCUT2D eigenvalue weighted by atomic mass is 10.1. The number of carbonyl (C=O) groups is 1. The van der Waals surface area contributed by atoms with E-state index >= 15 is 0 Å². The molecule has 4 aromatic rings. The Morgan fingerprint density at radius 3 is 2.65 bits per heavy atom. The van der Waals surface area contributed by atoms with Gasteiger partial charge in [0.2, 0.25) is 0 Å². The molecule has 4 aromatic heterocycles. The zero-order valence-corrected chi connectivity index (χ0v) is 17.1. The van der Waals surface area contributed by atoms with Crippen LogP contribution in [0.1, 0.15) is 10.4 Å². The Kier molecular flexibility index (Phi) is 5.01. The lowest BCUT2D eigenvalue weighted by Gasteiger charge is -2.33. The van der Waals surface area contributed by atoms with Gasteiger partial charge in [-0.3, -0.25) is 14.9 Å². The molecular weight excluding hydrogens is 392 g/mol. The molecule has 1 saturated heterocycles. The van der Waals surface area contributed by atoms with Gasteiger partial charge >= 0.3 is 0 Å². The number of hydrogen-bond donors (Lipinski definition) is 2. The van der Waals surface area contributed by atoms with Crippen LogP contribution in [-0.4, -0.2) is 69.2 Å². The van der Waals surface area contributed by atoms with Gasteiger partial charge in [0.15, 0.2) is 0 Å². The van der Waals surface area contributed by atoms with Crippen molar-refractivity contribution in [2.75, 3.05) is 43.4 Å². The Bertz CT molecular complexity index is 1220. The molecule has 156 valence electrons. The van der Waals surface area contributed by atoms with Crippen LogP contribution in [0.15, 0.2) is 55.2 Å². The van der Waals surface area contributed by atoms with Gasteiger partial charge < -0.3 is 15.1 Å². The van der Waals surface area contributed by atoms with Gasteiger partial charge in [0.25, 0.3) is 5.91 Å². The standard InChI is InChI=1S/C22H22N8O/c1-29-4-6-30(7-5-29)21-10-15(2-3-23-21)22(31)28-20-9-16-8-19(18-13-26-27-14-18)24-11-17(16)12-25-20/h2-3,8-14H,4-7H2,1H3,(H,26,27)(H,25,28,31). The fraction of sp³-hybridized carbons (Fsp3) is 0.227. The van der Waals surface area contributed by atoms with E-state index in [1.165, 1.54) is 0 Å². The minimum Gasteiger partial charge on any atom is -0.354 e. The van der Waals surface area contributed by atoms with Crippen LogP contribution in [0.25, 0.3) is 22.0 Å². The van der Waals surface area contributed by atoms with E-state index in [4.69, 9.17) is 0 Å². The van der Waals surface area contributed by atoms with Gasteiger partial charge in [-0.2, -0.15) is 5.10 Å². The highest BCUT2D eigenvalue weighted by Gasteiger charge is 2.17. The van der Waals surface area contributed by atoms with Crippen molar-refractivity contribution < 1.29 is 4.79 Å². The molecule has 0 saturated carbocycles. The molecule has 1 fully saturated rings. The Hall–Kier alpha value is -3.85. The Labute approximate surface area is 179 Å². The molecule has 1 aliphatic heterocycles. The number of nitrogens with one attached hydrogen (secondary N) is 2. The van der Waals surface area contributed by atoms with Crippen LogP contribution < -0.4 is 10.2 Å². The Morgan fingerprint density at radius 1 is 1.00 bits per heavy atom. The molecule has 9 nitrogen and oxygen atoms in total. The minimum absolute atomic E-state index is 0.214. The number of aromatic amines is 1. The molecule has 2 N–H and O–H groups in total. The third-order valence-corrected chi connectivity index (χ3v) is 5.47. The summed E-state index contributed by atoms with van der Waals surface area (Å²) in [4.78, 5) is 30.6.